The highest BCUT2D eigenvalue weighted by atomic mass is 32.2. The number of nitrogens with one attached hydrogen (secondary N) is 1. The summed E-state index contributed by atoms with van der Waals surface area (Å²) in [7, 11) is -1.17. The van der Waals surface area contributed by atoms with Gasteiger partial charge < -0.3 is 0 Å². The van der Waals surface area contributed by atoms with Crippen LogP contribution in [-0.2, 0) is 10.0 Å². The first kappa shape index (κ1) is 18.6. The van der Waals surface area contributed by atoms with Gasteiger partial charge in [-0.2, -0.15) is 0 Å². The molecule has 0 aromatic heterocycles. The minimum Gasteiger partial charge on any atom is -0.295 e. The zero-order valence-corrected chi connectivity index (χ0v) is 14.8. The lowest BCUT2D eigenvalue weighted by molar-refractivity contribution is 0.276. The van der Waals surface area contributed by atoms with E-state index in [4.69, 9.17) is 0 Å². The fourth-order valence-corrected chi connectivity index (χ4v) is 3.21. The summed E-state index contributed by atoms with van der Waals surface area (Å²) in [6.45, 7) is 1.10. The Hall–Kier alpha value is -1.76. The molecule has 0 fully saturated rings. The molecule has 4 nitrogen and oxygen atoms in total. The zero-order chi connectivity index (χ0) is 17.6. The molecule has 0 aliphatic rings. The third-order valence-electron chi connectivity index (χ3n) is 3.79. The highest BCUT2D eigenvalue weighted by molar-refractivity contribution is 7.88. The van der Waals surface area contributed by atoms with E-state index >= 15 is 0 Å². The Morgan fingerprint density at radius 3 is 2.21 bits per heavy atom. The monoisotopic (exact) mass is 350 g/mol. The first-order valence-electron chi connectivity index (χ1n) is 7.82. The first-order chi connectivity index (χ1) is 11.4. The number of rotatable bonds is 8. The van der Waals surface area contributed by atoms with Crippen LogP contribution in [0.25, 0.3) is 0 Å². The van der Waals surface area contributed by atoms with Crippen LogP contribution in [0.3, 0.4) is 0 Å². The van der Waals surface area contributed by atoms with Gasteiger partial charge in [0.05, 0.1) is 12.3 Å². The lowest BCUT2D eigenvalue weighted by atomic mass is 9.97. The van der Waals surface area contributed by atoms with Gasteiger partial charge in [0, 0.05) is 13.1 Å². The van der Waals surface area contributed by atoms with Crippen LogP contribution in [0.4, 0.5) is 4.39 Å². The first-order valence-corrected chi connectivity index (χ1v) is 9.71. The summed E-state index contributed by atoms with van der Waals surface area (Å²) in [4.78, 5) is 2.15. The Morgan fingerprint density at radius 2 is 1.62 bits per heavy atom. The van der Waals surface area contributed by atoms with Crippen LogP contribution in [0.15, 0.2) is 54.6 Å². The molecular weight excluding hydrogens is 327 g/mol. The average Bonchev–Trinajstić information content (AvgIpc) is 2.54. The summed E-state index contributed by atoms with van der Waals surface area (Å²) in [5, 5.41) is 0. The standard InChI is InChI=1S/C18H23FN2O2S/c1-21(14-6-13-20-24(2,22)23)18(15-7-4-3-5-8-15)16-9-11-17(19)12-10-16/h3-5,7-12,18,20H,6,13-14H2,1-2H3. The van der Waals surface area contributed by atoms with Crippen molar-refractivity contribution in [2.24, 2.45) is 0 Å². The van der Waals surface area contributed by atoms with Gasteiger partial charge in [0.1, 0.15) is 5.82 Å². The molecule has 0 bridgehead atoms. The van der Waals surface area contributed by atoms with Gasteiger partial charge in [-0.3, -0.25) is 4.90 Å². The molecule has 1 N–H and O–H groups in total. The number of hydrogen-bond donors (Lipinski definition) is 1. The van der Waals surface area contributed by atoms with E-state index < -0.39 is 10.0 Å². The molecule has 1 unspecified atom stereocenters. The third-order valence-corrected chi connectivity index (χ3v) is 4.52. The average molecular weight is 350 g/mol. The molecule has 0 amide bonds. The summed E-state index contributed by atoms with van der Waals surface area (Å²) in [5.41, 5.74) is 2.11. The van der Waals surface area contributed by atoms with Crippen molar-refractivity contribution >= 4 is 10.0 Å². The molecule has 24 heavy (non-hydrogen) atoms. The summed E-state index contributed by atoms with van der Waals surface area (Å²) in [5.74, 6) is -0.259. The maximum atomic E-state index is 13.2. The van der Waals surface area contributed by atoms with Crippen molar-refractivity contribution in [2.45, 2.75) is 12.5 Å². The van der Waals surface area contributed by atoms with Gasteiger partial charge in [0.25, 0.3) is 0 Å². The minimum atomic E-state index is -3.16. The van der Waals surface area contributed by atoms with Crippen molar-refractivity contribution < 1.29 is 12.8 Å². The molecule has 0 spiro atoms. The number of nitrogens with zero attached hydrogens (tertiary/aromatic N) is 1. The van der Waals surface area contributed by atoms with Gasteiger partial charge in [-0.05, 0) is 36.7 Å². The Kier molecular flexibility index (Phi) is 6.48. The van der Waals surface area contributed by atoms with Crippen molar-refractivity contribution in [2.75, 3.05) is 26.4 Å². The summed E-state index contributed by atoms with van der Waals surface area (Å²) in [6.07, 6.45) is 1.84. The number of sulfonamides is 1. The summed E-state index contributed by atoms with van der Waals surface area (Å²) < 4.78 is 38.0. The van der Waals surface area contributed by atoms with Crippen LogP contribution in [0.5, 0.6) is 0 Å². The third kappa shape index (κ3) is 5.70. The fourth-order valence-electron chi connectivity index (χ4n) is 2.70. The van der Waals surface area contributed by atoms with E-state index in [0.29, 0.717) is 19.5 Å². The second-order valence-corrected chi connectivity index (χ2v) is 7.70. The minimum absolute atomic E-state index is 0.00923. The quantitative estimate of drug-likeness (QED) is 0.745. The van der Waals surface area contributed by atoms with Gasteiger partial charge in [0.15, 0.2) is 0 Å². The largest absolute Gasteiger partial charge is 0.295 e. The van der Waals surface area contributed by atoms with Crippen molar-refractivity contribution in [1.82, 2.24) is 9.62 Å². The predicted molar refractivity (Wildman–Crippen MR) is 94.8 cm³/mol. The Balaban J connectivity index is 2.12. The summed E-state index contributed by atoms with van der Waals surface area (Å²) in [6, 6.07) is 16.5. The Morgan fingerprint density at radius 1 is 1.04 bits per heavy atom. The van der Waals surface area contributed by atoms with Crippen LogP contribution in [0, 0.1) is 5.82 Å². The van der Waals surface area contributed by atoms with Gasteiger partial charge in [-0.15, -0.1) is 0 Å². The van der Waals surface area contributed by atoms with Crippen LogP contribution in [0.2, 0.25) is 0 Å². The van der Waals surface area contributed by atoms with E-state index in [-0.39, 0.29) is 11.9 Å². The molecule has 0 radical (unpaired) electrons. The Labute approximate surface area is 143 Å². The van der Waals surface area contributed by atoms with Gasteiger partial charge in [-0.1, -0.05) is 42.5 Å². The van der Waals surface area contributed by atoms with E-state index in [1.165, 1.54) is 12.1 Å². The van der Waals surface area contributed by atoms with Gasteiger partial charge in [-0.25, -0.2) is 17.5 Å². The zero-order valence-electron chi connectivity index (χ0n) is 13.9. The molecule has 1 atom stereocenters. The van der Waals surface area contributed by atoms with Crippen molar-refractivity contribution in [1.29, 1.82) is 0 Å². The second-order valence-electron chi connectivity index (χ2n) is 5.87. The number of halogens is 1. The smallest absolute Gasteiger partial charge is 0.208 e. The molecule has 0 aliphatic carbocycles. The van der Waals surface area contributed by atoms with E-state index in [0.717, 1.165) is 17.4 Å². The van der Waals surface area contributed by atoms with E-state index in [1.807, 2.05) is 37.4 Å². The normalized spacial score (nSPS) is 13.2. The SMILES string of the molecule is CN(CCCNS(C)(=O)=O)C(c1ccccc1)c1ccc(F)cc1. The van der Waals surface area contributed by atoms with E-state index in [2.05, 4.69) is 9.62 Å². The van der Waals surface area contributed by atoms with Gasteiger partial charge >= 0.3 is 0 Å². The predicted octanol–water partition coefficient (Wildman–Crippen LogP) is 2.79. The van der Waals surface area contributed by atoms with Crippen LogP contribution in [-0.4, -0.2) is 39.7 Å². The lowest BCUT2D eigenvalue weighted by Gasteiger charge is -2.29. The fraction of sp³-hybridized carbons (Fsp3) is 0.333. The van der Waals surface area contributed by atoms with Crippen molar-refractivity contribution in [3.8, 4) is 0 Å². The molecule has 130 valence electrons. The van der Waals surface area contributed by atoms with Crippen LogP contribution in [0.1, 0.15) is 23.6 Å². The van der Waals surface area contributed by atoms with Crippen LogP contribution >= 0.6 is 0 Å². The Bertz CT molecular complexity index is 733. The molecule has 0 aliphatic heterocycles. The highest BCUT2D eigenvalue weighted by Crippen LogP contribution is 2.27. The van der Waals surface area contributed by atoms with Crippen molar-refractivity contribution in [3.05, 3.63) is 71.5 Å². The van der Waals surface area contributed by atoms with Crippen LogP contribution < -0.4 is 4.72 Å². The van der Waals surface area contributed by atoms with E-state index in [1.54, 1.807) is 12.1 Å². The van der Waals surface area contributed by atoms with E-state index in [9.17, 15) is 12.8 Å². The molecule has 2 rings (SSSR count). The second kappa shape index (κ2) is 8.37. The number of benzene rings is 2. The molecule has 6 heteroatoms. The maximum absolute atomic E-state index is 13.2. The molecule has 0 saturated heterocycles. The topological polar surface area (TPSA) is 49.4 Å². The molecular formula is C18H23FN2O2S. The molecule has 2 aromatic carbocycles. The molecule has 0 saturated carbocycles. The highest BCUT2D eigenvalue weighted by Gasteiger charge is 2.19. The maximum Gasteiger partial charge on any atom is 0.208 e. The lowest BCUT2D eigenvalue weighted by Crippen LogP contribution is -2.30. The molecule has 2 aromatic rings. The molecule has 0 heterocycles. The summed E-state index contributed by atoms with van der Waals surface area (Å²) >= 11 is 0. The number of hydrogen-bond acceptors (Lipinski definition) is 3. The van der Waals surface area contributed by atoms with Crippen molar-refractivity contribution in [3.63, 3.8) is 0 Å². The van der Waals surface area contributed by atoms with Gasteiger partial charge in [0.2, 0.25) is 10.0 Å².